The summed E-state index contributed by atoms with van der Waals surface area (Å²) >= 11 is 0. The third kappa shape index (κ3) is 2.65. The van der Waals surface area contributed by atoms with E-state index in [1.54, 1.807) is 5.56 Å². The van der Waals surface area contributed by atoms with Gasteiger partial charge < -0.3 is 0 Å². The van der Waals surface area contributed by atoms with Gasteiger partial charge in [-0.05, 0) is 51.3 Å². The lowest BCUT2D eigenvalue weighted by molar-refractivity contribution is 0.477. The van der Waals surface area contributed by atoms with Crippen molar-refractivity contribution in [2.75, 3.05) is 0 Å². The van der Waals surface area contributed by atoms with Crippen LogP contribution in [-0.2, 0) is 5.41 Å². The zero-order chi connectivity index (χ0) is 19.3. The molecule has 1 unspecified atom stereocenters. The molecule has 3 aromatic rings. The zero-order valence-electron chi connectivity index (χ0n) is 17.3. The molecule has 28 heavy (non-hydrogen) atoms. The topological polar surface area (TPSA) is 0 Å². The summed E-state index contributed by atoms with van der Waals surface area (Å²) < 4.78 is 0. The van der Waals surface area contributed by atoms with Gasteiger partial charge in [0.05, 0.1) is 0 Å². The first-order valence-electron chi connectivity index (χ1n) is 10.9. The van der Waals surface area contributed by atoms with Crippen molar-refractivity contribution < 1.29 is 0 Å². The Kier molecular flexibility index (Phi) is 4.19. The van der Waals surface area contributed by atoms with Gasteiger partial charge in [0.15, 0.2) is 0 Å². The van der Waals surface area contributed by atoms with Crippen molar-refractivity contribution in [1.29, 1.82) is 0 Å². The predicted octanol–water partition coefficient (Wildman–Crippen LogP) is 7.83. The van der Waals surface area contributed by atoms with Crippen molar-refractivity contribution in [2.24, 2.45) is 5.92 Å². The second kappa shape index (κ2) is 6.62. The summed E-state index contributed by atoms with van der Waals surface area (Å²) in [4.78, 5) is 0. The van der Waals surface area contributed by atoms with Gasteiger partial charge in [0, 0.05) is 11.3 Å². The van der Waals surface area contributed by atoms with Crippen LogP contribution in [0.25, 0.3) is 16.8 Å². The lowest BCUT2D eigenvalue weighted by atomic mass is 9.69. The van der Waals surface area contributed by atoms with Crippen LogP contribution in [0.4, 0.5) is 0 Å². The van der Waals surface area contributed by atoms with Crippen molar-refractivity contribution >= 4 is 16.8 Å². The fourth-order valence-electron chi connectivity index (χ4n) is 5.86. The fourth-order valence-corrected chi connectivity index (χ4v) is 5.86. The van der Waals surface area contributed by atoms with Crippen molar-refractivity contribution in [3.05, 3.63) is 89.0 Å². The van der Waals surface area contributed by atoms with E-state index in [2.05, 4.69) is 93.6 Å². The van der Waals surface area contributed by atoms with E-state index in [0.29, 0.717) is 11.8 Å². The van der Waals surface area contributed by atoms with E-state index in [9.17, 15) is 0 Å². The number of fused-ring (bicyclic) bond motifs is 2. The van der Waals surface area contributed by atoms with Crippen LogP contribution in [0.15, 0.2) is 66.7 Å². The number of hydrogen-bond acceptors (Lipinski definition) is 0. The van der Waals surface area contributed by atoms with Crippen molar-refractivity contribution in [3.8, 4) is 0 Å². The highest BCUT2D eigenvalue weighted by atomic mass is 14.4. The number of hydrogen-bond donors (Lipinski definition) is 0. The van der Waals surface area contributed by atoms with Gasteiger partial charge in [0.1, 0.15) is 0 Å². The van der Waals surface area contributed by atoms with Crippen LogP contribution >= 0.6 is 0 Å². The Labute approximate surface area is 169 Å². The zero-order valence-corrected chi connectivity index (χ0v) is 17.3. The molecular formula is C28H30. The molecule has 2 aliphatic rings. The molecule has 0 bridgehead atoms. The van der Waals surface area contributed by atoms with Crippen LogP contribution in [0.2, 0.25) is 0 Å². The molecule has 0 nitrogen and oxygen atoms in total. The van der Waals surface area contributed by atoms with E-state index in [1.165, 1.54) is 46.7 Å². The Morgan fingerprint density at radius 1 is 0.786 bits per heavy atom. The Morgan fingerprint density at radius 3 is 2.32 bits per heavy atom. The van der Waals surface area contributed by atoms with Gasteiger partial charge in [0.25, 0.3) is 0 Å². The van der Waals surface area contributed by atoms with Crippen LogP contribution in [0, 0.1) is 5.92 Å². The molecule has 0 spiro atoms. The van der Waals surface area contributed by atoms with Crippen LogP contribution in [0.3, 0.4) is 0 Å². The highest BCUT2D eigenvalue weighted by Gasteiger charge is 2.36. The minimum absolute atomic E-state index is 0.0442. The predicted molar refractivity (Wildman–Crippen MR) is 121 cm³/mol. The van der Waals surface area contributed by atoms with Crippen LogP contribution < -0.4 is 0 Å². The molecular weight excluding hydrogens is 336 g/mol. The summed E-state index contributed by atoms with van der Waals surface area (Å²) in [5.41, 5.74) is 5.93. The molecule has 3 atom stereocenters. The molecule has 0 aromatic heterocycles. The maximum Gasteiger partial charge on any atom is 0.0119 e. The van der Waals surface area contributed by atoms with Gasteiger partial charge >= 0.3 is 0 Å². The second-order valence-corrected chi connectivity index (χ2v) is 9.45. The van der Waals surface area contributed by atoms with Gasteiger partial charge in [-0.25, -0.2) is 0 Å². The average Bonchev–Trinajstić information content (AvgIpc) is 3.33. The Balaban J connectivity index is 1.65. The maximum absolute atomic E-state index is 2.45. The quantitative estimate of drug-likeness (QED) is 0.443. The normalized spacial score (nSPS) is 24.0. The standard InChI is InChI=1S/C28H30/c1-19-9-8-14-21(19)24-16-18-27(25-13-7-6-12-23(24)25)28(2,3)26-17-15-20-10-4-5-11-22(20)26/h4-7,10-13,15-19,21,26H,8-9,14H2,1-3H3/t19-,21-,26?/m1/s1. The Morgan fingerprint density at radius 2 is 1.54 bits per heavy atom. The second-order valence-electron chi connectivity index (χ2n) is 9.45. The largest absolute Gasteiger partial charge is 0.0755 e. The van der Waals surface area contributed by atoms with Crippen LogP contribution in [0.5, 0.6) is 0 Å². The van der Waals surface area contributed by atoms with Crippen molar-refractivity contribution in [1.82, 2.24) is 0 Å². The molecule has 3 aromatic carbocycles. The average molecular weight is 367 g/mol. The first kappa shape index (κ1) is 17.7. The summed E-state index contributed by atoms with van der Waals surface area (Å²) in [6.45, 7) is 7.28. The molecule has 0 amide bonds. The highest BCUT2D eigenvalue weighted by molar-refractivity contribution is 5.90. The number of rotatable bonds is 3. The highest BCUT2D eigenvalue weighted by Crippen LogP contribution is 2.48. The van der Waals surface area contributed by atoms with Crippen LogP contribution in [0.1, 0.15) is 74.1 Å². The molecule has 0 radical (unpaired) electrons. The molecule has 0 N–H and O–H groups in total. The summed E-state index contributed by atoms with van der Waals surface area (Å²) in [5.74, 6) is 1.93. The molecule has 1 fully saturated rings. The SMILES string of the molecule is C[C@@H]1CCC[C@H]1c1ccc(C(C)(C)C2C=Cc3ccccc32)c2ccccc12. The summed E-state index contributed by atoms with van der Waals surface area (Å²) in [6.07, 6.45) is 8.80. The summed E-state index contributed by atoms with van der Waals surface area (Å²) in [6, 6.07) is 22.9. The fraction of sp³-hybridized carbons (Fsp3) is 0.357. The first-order valence-corrected chi connectivity index (χ1v) is 10.9. The lowest BCUT2D eigenvalue weighted by Gasteiger charge is -2.34. The van der Waals surface area contributed by atoms with Gasteiger partial charge in [-0.3, -0.25) is 0 Å². The van der Waals surface area contributed by atoms with E-state index in [-0.39, 0.29) is 5.41 Å². The van der Waals surface area contributed by atoms with E-state index in [0.717, 1.165) is 5.92 Å². The number of benzene rings is 3. The van der Waals surface area contributed by atoms with Crippen molar-refractivity contribution in [2.45, 2.75) is 57.3 Å². The molecule has 0 aliphatic heterocycles. The molecule has 2 aliphatic carbocycles. The van der Waals surface area contributed by atoms with Crippen LogP contribution in [-0.4, -0.2) is 0 Å². The maximum atomic E-state index is 2.45. The molecule has 1 saturated carbocycles. The Bertz CT molecular complexity index is 1050. The summed E-state index contributed by atoms with van der Waals surface area (Å²) in [7, 11) is 0. The van der Waals surface area contributed by atoms with E-state index >= 15 is 0 Å². The first-order chi connectivity index (χ1) is 13.6. The van der Waals surface area contributed by atoms with E-state index in [4.69, 9.17) is 0 Å². The Hall–Kier alpha value is -2.34. The third-order valence-electron chi connectivity index (χ3n) is 7.49. The van der Waals surface area contributed by atoms with Crippen molar-refractivity contribution in [3.63, 3.8) is 0 Å². The number of allylic oxidation sites excluding steroid dienone is 1. The molecule has 0 saturated heterocycles. The van der Waals surface area contributed by atoms with Gasteiger partial charge in [-0.2, -0.15) is 0 Å². The monoisotopic (exact) mass is 366 g/mol. The lowest BCUT2D eigenvalue weighted by Crippen LogP contribution is -2.25. The summed E-state index contributed by atoms with van der Waals surface area (Å²) in [5, 5.41) is 2.92. The minimum atomic E-state index is 0.0442. The third-order valence-corrected chi connectivity index (χ3v) is 7.49. The molecule has 5 rings (SSSR count). The van der Waals surface area contributed by atoms with Gasteiger partial charge in [-0.1, -0.05) is 106 Å². The molecule has 0 heteroatoms. The van der Waals surface area contributed by atoms with Gasteiger partial charge in [-0.15, -0.1) is 0 Å². The molecule has 142 valence electrons. The smallest absolute Gasteiger partial charge is 0.0119 e. The van der Waals surface area contributed by atoms with Gasteiger partial charge in [0.2, 0.25) is 0 Å². The molecule has 0 heterocycles. The minimum Gasteiger partial charge on any atom is -0.0755 e. The van der Waals surface area contributed by atoms with E-state index < -0.39 is 0 Å². The van der Waals surface area contributed by atoms with E-state index in [1.807, 2.05) is 0 Å².